The molecule has 28 heavy (non-hydrogen) atoms. The molecule has 0 aliphatic carbocycles. The van der Waals surface area contributed by atoms with Crippen LogP contribution in [0.25, 0.3) is 11.0 Å². The van der Waals surface area contributed by atoms with Gasteiger partial charge >= 0.3 is 0 Å². The van der Waals surface area contributed by atoms with Gasteiger partial charge in [-0.1, -0.05) is 0 Å². The van der Waals surface area contributed by atoms with Gasteiger partial charge in [-0.05, 0) is 57.0 Å². The minimum atomic E-state index is -0.466. The van der Waals surface area contributed by atoms with Crippen molar-refractivity contribution in [3.63, 3.8) is 0 Å². The Labute approximate surface area is 177 Å². The summed E-state index contributed by atoms with van der Waals surface area (Å²) < 4.78 is 11.1. The Balaban J connectivity index is 0.00000140. The summed E-state index contributed by atoms with van der Waals surface area (Å²) in [6, 6.07) is 5.79. The first-order valence-corrected chi connectivity index (χ1v) is 9.33. The number of hydrogen-bond donors (Lipinski definition) is 3. The Hall–Kier alpha value is -1.38. The molecular weight excluding hydrogens is 403 g/mol. The van der Waals surface area contributed by atoms with Crippen LogP contribution in [0.5, 0.6) is 0 Å². The van der Waals surface area contributed by atoms with Gasteiger partial charge in [0.2, 0.25) is 5.91 Å². The number of H-pyrrole nitrogens is 1. The van der Waals surface area contributed by atoms with Crippen molar-refractivity contribution in [2.75, 3.05) is 38.7 Å². The topological polar surface area (TPSA) is 88.3 Å². The van der Waals surface area contributed by atoms with Crippen LogP contribution in [0, 0.1) is 5.41 Å². The fourth-order valence-electron chi connectivity index (χ4n) is 3.94. The van der Waals surface area contributed by atoms with Crippen LogP contribution in [0.2, 0.25) is 0 Å². The number of rotatable bonds is 5. The van der Waals surface area contributed by atoms with Crippen molar-refractivity contribution < 1.29 is 14.3 Å². The zero-order chi connectivity index (χ0) is 18.0. The maximum absolute atomic E-state index is 13.0. The van der Waals surface area contributed by atoms with E-state index < -0.39 is 5.41 Å². The molecule has 0 bridgehead atoms. The van der Waals surface area contributed by atoms with E-state index >= 15 is 0 Å². The number of nitrogens with zero attached hydrogens (tertiary/aromatic N) is 1. The quantitative estimate of drug-likeness (QED) is 0.677. The smallest absolute Gasteiger partial charge is 0.233 e. The number of methoxy groups -OCH3 is 1. The molecule has 1 aromatic heterocycles. The van der Waals surface area contributed by atoms with E-state index in [4.69, 9.17) is 9.47 Å². The van der Waals surface area contributed by atoms with E-state index in [1.54, 1.807) is 7.11 Å². The van der Waals surface area contributed by atoms with Crippen LogP contribution in [0.3, 0.4) is 0 Å². The second-order valence-corrected chi connectivity index (χ2v) is 7.27. The number of nitrogens with one attached hydrogen (secondary N) is 3. The van der Waals surface area contributed by atoms with Gasteiger partial charge in [0.05, 0.1) is 23.1 Å². The van der Waals surface area contributed by atoms with Crippen molar-refractivity contribution >= 4 is 47.4 Å². The summed E-state index contributed by atoms with van der Waals surface area (Å²) in [6.07, 6.45) is 3.68. The summed E-state index contributed by atoms with van der Waals surface area (Å²) >= 11 is 0. The van der Waals surface area contributed by atoms with Gasteiger partial charge in [0.25, 0.3) is 0 Å². The monoisotopic (exact) mass is 430 g/mol. The first-order chi connectivity index (χ1) is 12.7. The third-order valence-corrected chi connectivity index (χ3v) is 5.46. The number of carbonyl (C=O) groups is 1. The predicted molar refractivity (Wildman–Crippen MR) is 114 cm³/mol. The molecule has 2 aliphatic rings. The standard InChI is InChI=1S/C19H26N4O3.2ClH/c1-25-12-19(6-8-20-9-7-19)18(24)21-13-4-5-14-15(11-13)23-17(22-14)16-3-2-10-26-16;;/h4-5,11,16,20H,2-3,6-10,12H2,1H3,(H,21,24)(H,22,23);2*1H. The molecule has 3 heterocycles. The highest BCUT2D eigenvalue weighted by Gasteiger charge is 2.39. The second kappa shape index (κ2) is 9.89. The maximum atomic E-state index is 13.0. The average Bonchev–Trinajstić information content (AvgIpc) is 3.32. The molecule has 4 rings (SSSR count). The highest BCUT2D eigenvalue weighted by molar-refractivity contribution is 5.97. The van der Waals surface area contributed by atoms with Crippen LogP contribution in [0.15, 0.2) is 18.2 Å². The fourth-order valence-corrected chi connectivity index (χ4v) is 3.94. The summed E-state index contributed by atoms with van der Waals surface area (Å²) in [5.74, 6) is 0.897. The molecule has 2 saturated heterocycles. The largest absolute Gasteiger partial charge is 0.384 e. The molecule has 2 aromatic rings. The number of anilines is 1. The van der Waals surface area contributed by atoms with E-state index in [0.717, 1.165) is 67.9 Å². The minimum Gasteiger partial charge on any atom is -0.384 e. The van der Waals surface area contributed by atoms with E-state index in [1.165, 1.54) is 0 Å². The number of hydrogen-bond acceptors (Lipinski definition) is 5. The average molecular weight is 431 g/mol. The van der Waals surface area contributed by atoms with Gasteiger partial charge in [0.15, 0.2) is 0 Å². The van der Waals surface area contributed by atoms with E-state index in [0.29, 0.717) is 6.61 Å². The molecule has 7 nitrogen and oxygen atoms in total. The van der Waals surface area contributed by atoms with Crippen LogP contribution in [-0.2, 0) is 14.3 Å². The summed E-state index contributed by atoms with van der Waals surface area (Å²) in [7, 11) is 1.65. The lowest BCUT2D eigenvalue weighted by atomic mass is 9.78. The van der Waals surface area contributed by atoms with E-state index in [2.05, 4.69) is 20.6 Å². The van der Waals surface area contributed by atoms with E-state index in [9.17, 15) is 4.79 Å². The van der Waals surface area contributed by atoms with Crippen LogP contribution in [0.4, 0.5) is 5.69 Å². The highest BCUT2D eigenvalue weighted by atomic mass is 35.5. The molecule has 9 heteroatoms. The van der Waals surface area contributed by atoms with Gasteiger partial charge in [0, 0.05) is 19.4 Å². The molecule has 0 spiro atoms. The fraction of sp³-hybridized carbons (Fsp3) is 0.579. The number of aromatic amines is 1. The normalized spacial score (nSPS) is 21.0. The molecule has 3 N–H and O–H groups in total. The van der Waals surface area contributed by atoms with Crippen molar-refractivity contribution in [3.8, 4) is 0 Å². The van der Waals surface area contributed by atoms with Crippen molar-refractivity contribution in [3.05, 3.63) is 24.0 Å². The number of ether oxygens (including phenoxy) is 2. The zero-order valence-electron chi connectivity index (χ0n) is 16.0. The van der Waals surface area contributed by atoms with Gasteiger partial charge in [-0.15, -0.1) is 24.8 Å². The number of carbonyl (C=O) groups excluding carboxylic acids is 1. The lowest BCUT2D eigenvalue weighted by molar-refractivity contribution is -0.130. The molecule has 156 valence electrons. The van der Waals surface area contributed by atoms with Crippen LogP contribution in [0.1, 0.15) is 37.6 Å². The van der Waals surface area contributed by atoms with E-state index in [1.807, 2.05) is 18.2 Å². The Morgan fingerprint density at radius 2 is 2.14 bits per heavy atom. The van der Waals surface area contributed by atoms with Crippen LogP contribution >= 0.6 is 24.8 Å². The van der Waals surface area contributed by atoms with Crippen molar-refractivity contribution in [1.29, 1.82) is 0 Å². The highest BCUT2D eigenvalue weighted by Crippen LogP contribution is 2.32. The SMILES string of the molecule is COCC1(C(=O)Nc2ccc3nc(C4CCCO4)[nH]c3c2)CCNCC1.Cl.Cl. The zero-order valence-corrected chi connectivity index (χ0v) is 17.6. The molecule has 0 saturated carbocycles. The summed E-state index contributed by atoms with van der Waals surface area (Å²) in [5, 5.41) is 6.39. The second-order valence-electron chi connectivity index (χ2n) is 7.27. The molecule has 0 radical (unpaired) electrons. The number of benzene rings is 1. The third kappa shape index (κ3) is 4.60. The molecule has 1 atom stereocenters. The summed E-state index contributed by atoms with van der Waals surface area (Å²) in [4.78, 5) is 20.9. The van der Waals surface area contributed by atoms with Gasteiger partial charge in [-0.2, -0.15) is 0 Å². The van der Waals surface area contributed by atoms with Crippen LogP contribution in [-0.4, -0.2) is 49.3 Å². The van der Waals surface area contributed by atoms with Gasteiger partial charge < -0.3 is 25.1 Å². The Morgan fingerprint density at radius 3 is 2.82 bits per heavy atom. The summed E-state index contributed by atoms with van der Waals surface area (Å²) in [6.45, 7) is 2.90. The number of imidazole rings is 1. The lowest BCUT2D eigenvalue weighted by Gasteiger charge is -2.35. The van der Waals surface area contributed by atoms with Crippen molar-refractivity contribution in [2.24, 2.45) is 5.41 Å². The molecule has 1 amide bonds. The summed E-state index contributed by atoms with van der Waals surface area (Å²) in [5.41, 5.74) is 2.12. The van der Waals surface area contributed by atoms with Crippen molar-refractivity contribution in [2.45, 2.75) is 31.8 Å². The number of piperidine rings is 1. The molecule has 2 fully saturated rings. The maximum Gasteiger partial charge on any atom is 0.233 e. The van der Waals surface area contributed by atoms with E-state index in [-0.39, 0.29) is 36.8 Å². The first-order valence-electron chi connectivity index (χ1n) is 9.33. The Kier molecular flexibility index (Phi) is 8.09. The van der Waals surface area contributed by atoms with Gasteiger partial charge in [0.1, 0.15) is 11.9 Å². The lowest BCUT2D eigenvalue weighted by Crippen LogP contribution is -2.47. The minimum absolute atomic E-state index is 0. The molecule has 1 aromatic carbocycles. The predicted octanol–water partition coefficient (Wildman–Crippen LogP) is 3.21. The number of halogens is 2. The third-order valence-electron chi connectivity index (χ3n) is 5.46. The van der Waals surface area contributed by atoms with Crippen LogP contribution < -0.4 is 10.6 Å². The van der Waals surface area contributed by atoms with Gasteiger partial charge in [-0.3, -0.25) is 4.79 Å². The van der Waals surface area contributed by atoms with Gasteiger partial charge in [-0.25, -0.2) is 4.98 Å². The number of fused-ring (bicyclic) bond motifs is 1. The Bertz CT molecular complexity index is 781. The molecule has 2 aliphatic heterocycles. The number of aromatic nitrogens is 2. The molecule has 1 unspecified atom stereocenters. The van der Waals surface area contributed by atoms with Crippen molar-refractivity contribution in [1.82, 2.24) is 15.3 Å². The molecular formula is C19H28Cl2N4O3. The number of amides is 1. The first kappa shape index (κ1) is 22.9. The Morgan fingerprint density at radius 1 is 1.36 bits per heavy atom.